The molecule has 11 heavy (non-hydrogen) atoms. The Kier molecular flexibility index (Phi) is 2.09. The van der Waals surface area contributed by atoms with E-state index >= 15 is 0 Å². The fourth-order valence-corrected chi connectivity index (χ4v) is 1.97. The molecule has 0 aromatic heterocycles. The second-order valence-electron chi connectivity index (χ2n) is 3.76. The van der Waals surface area contributed by atoms with E-state index in [0.717, 1.165) is 5.32 Å². The molecule has 2 nitrogen and oxygen atoms in total. The minimum Gasteiger partial charge on any atom is -0.294 e. The van der Waals surface area contributed by atoms with Crippen LogP contribution in [0.5, 0.6) is 0 Å². The quantitative estimate of drug-likeness (QED) is 0.547. The summed E-state index contributed by atoms with van der Waals surface area (Å²) in [5, 5.41) is 1.02. The van der Waals surface area contributed by atoms with E-state index < -0.39 is 8.07 Å². The summed E-state index contributed by atoms with van der Waals surface area (Å²) in [6.07, 6.45) is 3.90. The normalized spacial score (nSPS) is 18.5. The van der Waals surface area contributed by atoms with E-state index in [-0.39, 0.29) is 5.78 Å². The summed E-state index contributed by atoms with van der Waals surface area (Å²) in [6, 6.07) is 0. The molecule has 0 aliphatic carbocycles. The SMILES string of the molecule is C[Si](C)(C)C1=CC(=O)CC=N1. The average Bonchev–Trinajstić information content (AvgIpc) is 1.86. The molecule has 0 aromatic rings. The Morgan fingerprint density at radius 3 is 2.45 bits per heavy atom. The highest BCUT2D eigenvalue weighted by Gasteiger charge is 2.21. The summed E-state index contributed by atoms with van der Waals surface area (Å²) in [4.78, 5) is 15.2. The smallest absolute Gasteiger partial charge is 0.162 e. The molecule has 1 rings (SSSR count). The first kappa shape index (κ1) is 8.39. The second-order valence-corrected chi connectivity index (χ2v) is 8.77. The van der Waals surface area contributed by atoms with Crippen molar-refractivity contribution in [3.05, 3.63) is 11.4 Å². The monoisotopic (exact) mass is 167 g/mol. The van der Waals surface area contributed by atoms with Crippen LogP contribution in [-0.4, -0.2) is 20.1 Å². The van der Waals surface area contributed by atoms with Crippen LogP contribution >= 0.6 is 0 Å². The Morgan fingerprint density at radius 2 is 2.09 bits per heavy atom. The molecule has 0 amide bonds. The molecular formula is C8H13NOSi. The van der Waals surface area contributed by atoms with Gasteiger partial charge in [0.15, 0.2) is 5.78 Å². The molecule has 0 saturated carbocycles. The van der Waals surface area contributed by atoms with Gasteiger partial charge in [-0.15, -0.1) is 0 Å². The zero-order valence-corrected chi connectivity index (χ0v) is 8.22. The Hall–Kier alpha value is -0.703. The predicted octanol–water partition coefficient (Wildman–Crippen LogP) is 1.79. The number of nitrogens with zero attached hydrogens (tertiary/aromatic N) is 1. The number of carbonyl (C=O) groups is 1. The molecule has 0 atom stereocenters. The third-order valence-electron chi connectivity index (χ3n) is 1.59. The highest BCUT2D eigenvalue weighted by atomic mass is 28.3. The largest absolute Gasteiger partial charge is 0.294 e. The molecule has 0 bridgehead atoms. The van der Waals surface area contributed by atoms with Crippen molar-refractivity contribution in [2.45, 2.75) is 26.1 Å². The highest BCUT2D eigenvalue weighted by molar-refractivity contribution is 6.83. The average molecular weight is 167 g/mol. The van der Waals surface area contributed by atoms with E-state index in [1.807, 2.05) is 0 Å². The Morgan fingerprint density at radius 1 is 1.45 bits per heavy atom. The topological polar surface area (TPSA) is 29.4 Å². The second kappa shape index (κ2) is 2.74. The molecule has 0 aromatic carbocycles. The van der Waals surface area contributed by atoms with Crippen LogP contribution in [-0.2, 0) is 4.79 Å². The zero-order chi connectivity index (χ0) is 8.48. The van der Waals surface area contributed by atoms with Gasteiger partial charge in [-0.05, 0) is 6.08 Å². The molecule has 0 saturated heterocycles. The Labute approximate surface area is 68.0 Å². The van der Waals surface area contributed by atoms with Gasteiger partial charge in [0.25, 0.3) is 0 Å². The van der Waals surface area contributed by atoms with Crippen LogP contribution in [0.25, 0.3) is 0 Å². The van der Waals surface area contributed by atoms with Crippen LogP contribution in [0.1, 0.15) is 6.42 Å². The molecule has 60 valence electrons. The number of ketones is 1. The van der Waals surface area contributed by atoms with Crippen LogP contribution in [0.15, 0.2) is 16.4 Å². The van der Waals surface area contributed by atoms with Gasteiger partial charge < -0.3 is 0 Å². The summed E-state index contributed by atoms with van der Waals surface area (Å²) < 4.78 is 0. The van der Waals surface area contributed by atoms with Crippen molar-refractivity contribution in [1.82, 2.24) is 0 Å². The molecule has 1 heterocycles. The number of hydrogen-bond donors (Lipinski definition) is 0. The maximum Gasteiger partial charge on any atom is 0.162 e. The maximum atomic E-state index is 11.0. The molecule has 0 unspecified atom stereocenters. The fraction of sp³-hybridized carbons (Fsp3) is 0.500. The van der Waals surface area contributed by atoms with E-state index in [4.69, 9.17) is 0 Å². The van der Waals surface area contributed by atoms with Crippen molar-refractivity contribution >= 4 is 20.1 Å². The lowest BCUT2D eigenvalue weighted by Crippen LogP contribution is -2.25. The van der Waals surface area contributed by atoms with E-state index in [2.05, 4.69) is 24.6 Å². The van der Waals surface area contributed by atoms with Gasteiger partial charge in [-0.3, -0.25) is 9.79 Å². The van der Waals surface area contributed by atoms with Crippen molar-refractivity contribution in [3.8, 4) is 0 Å². The van der Waals surface area contributed by atoms with Crippen molar-refractivity contribution in [2.75, 3.05) is 0 Å². The number of rotatable bonds is 1. The third-order valence-corrected chi connectivity index (χ3v) is 3.40. The van der Waals surface area contributed by atoms with Gasteiger partial charge in [-0.1, -0.05) is 19.6 Å². The number of allylic oxidation sites excluding steroid dienone is 1. The van der Waals surface area contributed by atoms with Crippen molar-refractivity contribution < 1.29 is 4.79 Å². The van der Waals surface area contributed by atoms with Gasteiger partial charge in [0.05, 0.1) is 0 Å². The highest BCUT2D eigenvalue weighted by Crippen LogP contribution is 2.17. The first-order chi connectivity index (χ1) is 5.00. The number of carbonyl (C=O) groups excluding carboxylic acids is 1. The predicted molar refractivity (Wildman–Crippen MR) is 49.5 cm³/mol. The molecule has 1 aliphatic rings. The van der Waals surface area contributed by atoms with Gasteiger partial charge in [0.1, 0.15) is 8.07 Å². The van der Waals surface area contributed by atoms with Crippen LogP contribution < -0.4 is 0 Å². The molecule has 0 spiro atoms. The van der Waals surface area contributed by atoms with Gasteiger partial charge in [0, 0.05) is 18.0 Å². The third kappa shape index (κ3) is 2.12. The molecule has 1 aliphatic heterocycles. The first-order valence-corrected chi connectivity index (χ1v) is 7.28. The standard InChI is InChI=1S/C8H13NOSi/c1-11(2,3)8-6-7(10)4-5-9-8/h5-6H,4H2,1-3H3. The molecule has 0 radical (unpaired) electrons. The minimum atomic E-state index is -1.36. The lowest BCUT2D eigenvalue weighted by Gasteiger charge is -2.17. The Bertz CT molecular complexity index is 235. The summed E-state index contributed by atoms with van der Waals surface area (Å²) in [6.45, 7) is 6.57. The minimum absolute atomic E-state index is 0.192. The Balaban J connectivity index is 2.88. The lowest BCUT2D eigenvalue weighted by molar-refractivity contribution is -0.113. The molecule has 0 fully saturated rings. The number of aliphatic imine (C=N–C) groups is 1. The van der Waals surface area contributed by atoms with Crippen LogP contribution in [0.4, 0.5) is 0 Å². The summed E-state index contributed by atoms with van der Waals surface area (Å²) in [5.74, 6) is 0.192. The lowest BCUT2D eigenvalue weighted by atomic mass is 10.3. The van der Waals surface area contributed by atoms with Crippen LogP contribution in [0, 0.1) is 0 Å². The van der Waals surface area contributed by atoms with E-state index in [0.29, 0.717) is 6.42 Å². The van der Waals surface area contributed by atoms with Crippen molar-refractivity contribution in [2.24, 2.45) is 4.99 Å². The van der Waals surface area contributed by atoms with Crippen LogP contribution in [0.3, 0.4) is 0 Å². The maximum absolute atomic E-state index is 11.0. The van der Waals surface area contributed by atoms with Gasteiger partial charge in [0.2, 0.25) is 0 Å². The fourth-order valence-electron chi connectivity index (χ4n) is 0.893. The molecular weight excluding hydrogens is 154 g/mol. The van der Waals surface area contributed by atoms with Gasteiger partial charge in [-0.25, -0.2) is 0 Å². The number of hydrogen-bond acceptors (Lipinski definition) is 2. The molecule has 0 N–H and O–H groups in total. The van der Waals surface area contributed by atoms with Gasteiger partial charge in [-0.2, -0.15) is 0 Å². The zero-order valence-electron chi connectivity index (χ0n) is 7.22. The van der Waals surface area contributed by atoms with E-state index in [1.54, 1.807) is 12.3 Å². The summed E-state index contributed by atoms with van der Waals surface area (Å²) >= 11 is 0. The van der Waals surface area contributed by atoms with Crippen molar-refractivity contribution in [1.29, 1.82) is 0 Å². The first-order valence-electron chi connectivity index (χ1n) is 3.78. The van der Waals surface area contributed by atoms with E-state index in [1.165, 1.54) is 0 Å². The van der Waals surface area contributed by atoms with Crippen LogP contribution in [0.2, 0.25) is 19.6 Å². The molecule has 3 heteroatoms. The summed E-state index contributed by atoms with van der Waals surface area (Å²) in [7, 11) is -1.36. The summed E-state index contributed by atoms with van der Waals surface area (Å²) in [5.41, 5.74) is 0. The van der Waals surface area contributed by atoms with E-state index in [9.17, 15) is 4.79 Å². The van der Waals surface area contributed by atoms with Crippen molar-refractivity contribution in [3.63, 3.8) is 0 Å². The van der Waals surface area contributed by atoms with Gasteiger partial charge >= 0.3 is 0 Å².